The predicted octanol–water partition coefficient (Wildman–Crippen LogP) is 0.447. The summed E-state index contributed by atoms with van der Waals surface area (Å²) in [5.74, 6) is -0.349. The smallest absolute Gasteiger partial charge is 0.270 e. The van der Waals surface area contributed by atoms with Crippen LogP contribution in [0.1, 0.15) is 17.5 Å². The Balaban J connectivity index is 1.76. The Kier molecular flexibility index (Phi) is 2.59. The van der Waals surface area contributed by atoms with Crippen LogP contribution in [-0.2, 0) is 22.6 Å². The highest BCUT2D eigenvalue weighted by Crippen LogP contribution is 2.19. The fraction of sp³-hybridized carbons (Fsp3) is 0.308. The molecule has 0 radical (unpaired) electrons. The van der Waals surface area contributed by atoms with Gasteiger partial charge in [0.1, 0.15) is 5.71 Å². The van der Waals surface area contributed by atoms with Crippen LogP contribution in [0, 0.1) is 0 Å². The third-order valence-corrected chi connectivity index (χ3v) is 3.31. The van der Waals surface area contributed by atoms with E-state index in [1.807, 2.05) is 18.2 Å². The zero-order valence-electron chi connectivity index (χ0n) is 9.85. The molecule has 1 aromatic carbocycles. The molecule has 1 aromatic rings. The van der Waals surface area contributed by atoms with Crippen LogP contribution in [0.5, 0.6) is 0 Å². The highest BCUT2D eigenvalue weighted by atomic mass is 16.2. The van der Waals surface area contributed by atoms with Crippen molar-refractivity contribution < 1.29 is 9.59 Å². The van der Waals surface area contributed by atoms with Gasteiger partial charge in [0.15, 0.2) is 0 Å². The van der Waals surface area contributed by atoms with Crippen LogP contribution in [0.25, 0.3) is 0 Å². The summed E-state index contributed by atoms with van der Waals surface area (Å²) in [6.45, 7) is 1.28. The van der Waals surface area contributed by atoms with Gasteiger partial charge in [0, 0.05) is 13.1 Å². The molecule has 2 heterocycles. The minimum Gasteiger partial charge on any atom is -0.333 e. The highest BCUT2D eigenvalue weighted by Gasteiger charge is 2.28. The molecule has 0 saturated carbocycles. The van der Waals surface area contributed by atoms with Crippen molar-refractivity contribution in [1.82, 2.24) is 10.3 Å². The van der Waals surface area contributed by atoms with E-state index in [1.165, 1.54) is 11.1 Å². The summed E-state index contributed by atoms with van der Waals surface area (Å²) in [5.41, 5.74) is 5.10. The van der Waals surface area contributed by atoms with Crippen LogP contribution in [0.4, 0.5) is 0 Å². The lowest BCUT2D eigenvalue weighted by Crippen LogP contribution is -2.39. The molecule has 2 amide bonds. The van der Waals surface area contributed by atoms with Gasteiger partial charge in [-0.1, -0.05) is 24.3 Å². The summed E-state index contributed by atoms with van der Waals surface area (Å²) < 4.78 is 0. The van der Waals surface area contributed by atoms with Gasteiger partial charge in [-0.15, -0.1) is 0 Å². The first-order valence-corrected chi connectivity index (χ1v) is 5.95. The summed E-state index contributed by atoms with van der Waals surface area (Å²) in [6, 6.07) is 8.12. The van der Waals surface area contributed by atoms with E-state index in [9.17, 15) is 9.59 Å². The number of amides is 2. The number of carbonyl (C=O) groups excluding carboxylic acids is 2. The minimum atomic E-state index is -0.212. The molecule has 0 bridgehead atoms. The van der Waals surface area contributed by atoms with E-state index in [4.69, 9.17) is 0 Å². The number of nitrogens with zero attached hydrogens (tertiary/aromatic N) is 2. The number of nitrogens with one attached hydrogen (secondary N) is 1. The quantitative estimate of drug-likeness (QED) is 0.778. The topological polar surface area (TPSA) is 61.8 Å². The van der Waals surface area contributed by atoms with Crippen molar-refractivity contribution in [1.29, 1.82) is 0 Å². The number of carbonyl (C=O) groups is 2. The lowest BCUT2D eigenvalue weighted by Gasteiger charge is -2.28. The Labute approximate surface area is 104 Å². The Morgan fingerprint density at radius 3 is 2.78 bits per heavy atom. The van der Waals surface area contributed by atoms with Gasteiger partial charge in [0.25, 0.3) is 5.91 Å². The number of benzene rings is 1. The first-order chi connectivity index (χ1) is 8.74. The van der Waals surface area contributed by atoms with E-state index in [-0.39, 0.29) is 18.2 Å². The van der Waals surface area contributed by atoms with Gasteiger partial charge in [-0.2, -0.15) is 5.10 Å². The third-order valence-electron chi connectivity index (χ3n) is 3.31. The molecule has 0 aliphatic carbocycles. The van der Waals surface area contributed by atoms with E-state index >= 15 is 0 Å². The van der Waals surface area contributed by atoms with Crippen molar-refractivity contribution >= 4 is 17.5 Å². The molecule has 5 nitrogen and oxygen atoms in total. The molecule has 92 valence electrons. The van der Waals surface area contributed by atoms with Crippen LogP contribution in [0.15, 0.2) is 29.4 Å². The molecular formula is C13H13N3O2. The molecule has 0 unspecified atom stereocenters. The first-order valence-electron chi connectivity index (χ1n) is 5.95. The maximum absolute atomic E-state index is 12.2. The molecule has 2 aliphatic rings. The monoisotopic (exact) mass is 243 g/mol. The van der Waals surface area contributed by atoms with Gasteiger partial charge in [0.05, 0.1) is 6.42 Å². The molecule has 1 N–H and O–H groups in total. The van der Waals surface area contributed by atoms with Crippen molar-refractivity contribution in [3.05, 3.63) is 35.4 Å². The molecule has 0 spiro atoms. The van der Waals surface area contributed by atoms with Crippen molar-refractivity contribution in [2.45, 2.75) is 19.4 Å². The zero-order chi connectivity index (χ0) is 12.5. The molecule has 3 rings (SSSR count). The Bertz CT molecular complexity index is 551. The fourth-order valence-electron chi connectivity index (χ4n) is 2.34. The average Bonchev–Trinajstić information content (AvgIpc) is 2.84. The van der Waals surface area contributed by atoms with Crippen molar-refractivity contribution in [2.24, 2.45) is 5.10 Å². The lowest BCUT2D eigenvalue weighted by atomic mass is 9.99. The van der Waals surface area contributed by atoms with E-state index in [1.54, 1.807) is 4.90 Å². The van der Waals surface area contributed by atoms with Gasteiger partial charge in [0.2, 0.25) is 5.91 Å². The number of rotatable bonds is 1. The lowest BCUT2D eigenvalue weighted by molar-refractivity contribution is -0.125. The second-order valence-electron chi connectivity index (χ2n) is 4.52. The van der Waals surface area contributed by atoms with E-state index in [0.717, 1.165) is 6.42 Å². The van der Waals surface area contributed by atoms with Gasteiger partial charge >= 0.3 is 0 Å². The van der Waals surface area contributed by atoms with E-state index in [0.29, 0.717) is 18.8 Å². The van der Waals surface area contributed by atoms with Crippen molar-refractivity contribution in [3.63, 3.8) is 0 Å². The maximum Gasteiger partial charge on any atom is 0.270 e. The second-order valence-corrected chi connectivity index (χ2v) is 4.52. The number of hydrogen-bond donors (Lipinski definition) is 1. The average molecular weight is 243 g/mol. The van der Waals surface area contributed by atoms with Crippen molar-refractivity contribution in [2.75, 3.05) is 6.54 Å². The summed E-state index contributed by atoms with van der Waals surface area (Å²) >= 11 is 0. The third kappa shape index (κ3) is 1.88. The van der Waals surface area contributed by atoms with Gasteiger partial charge in [-0.3, -0.25) is 9.59 Å². The van der Waals surface area contributed by atoms with Crippen LogP contribution >= 0.6 is 0 Å². The van der Waals surface area contributed by atoms with Gasteiger partial charge in [-0.25, -0.2) is 5.43 Å². The Morgan fingerprint density at radius 2 is 2.06 bits per heavy atom. The second kappa shape index (κ2) is 4.25. The Morgan fingerprint density at radius 1 is 1.28 bits per heavy atom. The summed E-state index contributed by atoms with van der Waals surface area (Å²) in [6.07, 6.45) is 0.952. The SMILES string of the molecule is O=C1CC(C(=O)N2CCc3ccccc3C2)=NN1. The van der Waals surface area contributed by atoms with Crippen LogP contribution in [0.3, 0.4) is 0 Å². The summed E-state index contributed by atoms with van der Waals surface area (Å²) in [7, 11) is 0. The first kappa shape index (κ1) is 11.0. The highest BCUT2D eigenvalue weighted by molar-refractivity contribution is 6.43. The van der Waals surface area contributed by atoms with E-state index < -0.39 is 0 Å². The van der Waals surface area contributed by atoms with Gasteiger partial charge in [-0.05, 0) is 17.5 Å². The normalized spacial score (nSPS) is 18.1. The molecular weight excluding hydrogens is 230 g/mol. The molecule has 5 heteroatoms. The minimum absolute atomic E-state index is 0.0942. The molecule has 0 saturated heterocycles. The molecule has 18 heavy (non-hydrogen) atoms. The molecule has 0 atom stereocenters. The molecule has 0 fully saturated rings. The van der Waals surface area contributed by atoms with Crippen LogP contribution in [0.2, 0.25) is 0 Å². The summed E-state index contributed by atoms with van der Waals surface area (Å²) in [4.78, 5) is 25.0. The molecule has 2 aliphatic heterocycles. The van der Waals surface area contributed by atoms with Gasteiger partial charge < -0.3 is 4.90 Å². The largest absolute Gasteiger partial charge is 0.333 e. The number of hydrogen-bond acceptors (Lipinski definition) is 3. The zero-order valence-corrected chi connectivity index (χ0v) is 9.85. The van der Waals surface area contributed by atoms with Crippen LogP contribution in [-0.4, -0.2) is 29.0 Å². The standard InChI is InChI=1S/C13H13N3O2/c17-12-7-11(14-15-12)13(18)16-6-5-9-3-1-2-4-10(9)8-16/h1-4H,5-8H2,(H,15,17). The maximum atomic E-state index is 12.2. The Hall–Kier alpha value is -2.17. The molecule has 0 aromatic heterocycles. The van der Waals surface area contributed by atoms with E-state index in [2.05, 4.69) is 16.6 Å². The predicted molar refractivity (Wildman–Crippen MR) is 65.8 cm³/mol. The number of fused-ring (bicyclic) bond motifs is 1. The number of hydrazone groups is 1. The van der Waals surface area contributed by atoms with Crippen molar-refractivity contribution in [3.8, 4) is 0 Å². The fourth-order valence-corrected chi connectivity index (χ4v) is 2.34. The van der Waals surface area contributed by atoms with Crippen LogP contribution < -0.4 is 5.43 Å². The summed E-state index contributed by atoms with van der Waals surface area (Å²) in [5, 5.41) is 3.77.